The molecule has 0 amide bonds. The molecule has 0 saturated heterocycles. The van der Waals surface area contributed by atoms with E-state index in [9.17, 15) is 0 Å². The Morgan fingerprint density at radius 3 is 2.02 bits per heavy atom. The first-order valence-corrected chi connectivity index (χ1v) is 16.1. The number of halogens is 4. The Morgan fingerprint density at radius 2 is 1.29 bits per heavy atom. The summed E-state index contributed by atoms with van der Waals surface area (Å²) in [6.07, 6.45) is 3.29. The summed E-state index contributed by atoms with van der Waals surface area (Å²) in [7, 11) is 6.15. The molecule has 0 aliphatic carbocycles. The van der Waals surface area contributed by atoms with E-state index in [1.165, 1.54) is 33.0 Å². The predicted molar refractivity (Wildman–Crippen MR) is 211 cm³/mol. The fourth-order valence-electron chi connectivity index (χ4n) is 6.28. The van der Waals surface area contributed by atoms with Gasteiger partial charge in [-0.15, -0.1) is 37.2 Å². The van der Waals surface area contributed by atoms with Crippen LogP contribution in [0.5, 0.6) is 5.75 Å². The molecule has 5 rings (SSSR count). The number of nitrogens with one attached hydrogen (secondary N) is 1. The zero-order valence-corrected chi connectivity index (χ0v) is 31.9. The summed E-state index contributed by atoms with van der Waals surface area (Å²) >= 11 is 0. The number of para-hydroxylation sites is 1. The van der Waals surface area contributed by atoms with Gasteiger partial charge in [0.2, 0.25) is 11.2 Å². The van der Waals surface area contributed by atoms with Crippen molar-refractivity contribution in [3.05, 3.63) is 96.6 Å². The average molecular weight is 751 g/mol. The van der Waals surface area contributed by atoms with E-state index in [-0.39, 0.29) is 49.6 Å². The van der Waals surface area contributed by atoms with Gasteiger partial charge in [0.05, 0.1) is 17.9 Å². The van der Waals surface area contributed by atoms with E-state index in [1.54, 1.807) is 7.11 Å². The number of pyridine rings is 1. The first-order chi connectivity index (χ1) is 21.9. The highest BCUT2D eigenvalue weighted by Gasteiger charge is 2.23. The molecule has 11 heteroatoms. The maximum atomic E-state index is 6.31. The second kappa shape index (κ2) is 21.9. The third-order valence-corrected chi connectivity index (χ3v) is 8.56. The summed E-state index contributed by atoms with van der Waals surface area (Å²) < 4.78 is 7.94. The smallest absolute Gasteiger partial charge is 0.220 e. The number of rotatable bonds is 16. The molecule has 0 unspecified atom stereocenters. The lowest BCUT2D eigenvalue weighted by Crippen LogP contribution is -3.00. The Balaban J connectivity index is 0.00000300. The van der Waals surface area contributed by atoms with Crippen LogP contribution in [-0.4, -0.2) is 63.7 Å². The molecule has 0 fully saturated rings. The average Bonchev–Trinajstić information content (AvgIpc) is 3.04. The molecule has 268 valence electrons. The van der Waals surface area contributed by atoms with Crippen molar-refractivity contribution in [2.75, 3.05) is 65.4 Å². The van der Waals surface area contributed by atoms with E-state index in [0.29, 0.717) is 0 Å². The van der Waals surface area contributed by atoms with Crippen LogP contribution in [0.25, 0.3) is 32.9 Å². The lowest BCUT2D eigenvalue weighted by atomic mass is 9.98. The number of fused-ring (bicyclic) bond motifs is 3. The molecule has 49 heavy (non-hydrogen) atoms. The highest BCUT2D eigenvalue weighted by Crippen LogP contribution is 2.33. The number of aryl methyl sites for hydroxylation is 1. The topological polar surface area (TPSA) is 83.7 Å². The van der Waals surface area contributed by atoms with E-state index in [4.69, 9.17) is 16.2 Å². The van der Waals surface area contributed by atoms with Gasteiger partial charge in [-0.3, -0.25) is 0 Å². The number of nitrogens with two attached hydrogens (primary N) is 2. The summed E-state index contributed by atoms with van der Waals surface area (Å²) in [4.78, 5) is 4.81. The zero-order chi connectivity index (χ0) is 31.6. The Hall–Kier alpha value is -3.01. The van der Waals surface area contributed by atoms with Crippen molar-refractivity contribution in [2.24, 2.45) is 0 Å². The Kier molecular flexibility index (Phi) is 19.7. The van der Waals surface area contributed by atoms with Crippen LogP contribution in [0.15, 0.2) is 91.0 Å². The molecule has 4 aromatic carbocycles. The molecule has 5 N–H and O–H groups in total. The van der Waals surface area contributed by atoms with Crippen molar-refractivity contribution in [1.29, 1.82) is 0 Å². The van der Waals surface area contributed by atoms with Crippen LogP contribution in [-0.2, 0) is 13.1 Å². The highest BCUT2D eigenvalue weighted by atomic mass is 35.5. The van der Waals surface area contributed by atoms with Crippen molar-refractivity contribution >= 4 is 70.3 Å². The molecule has 0 radical (unpaired) electrons. The number of benzene rings is 4. The number of hydrogen-bond acceptors (Lipinski definition) is 6. The number of nitrogens with zero attached hydrogens (tertiary/aromatic N) is 3. The third-order valence-electron chi connectivity index (χ3n) is 8.56. The monoisotopic (exact) mass is 748 g/mol. The fraction of sp³-hybridized carbons (Fsp3) is 0.342. The van der Waals surface area contributed by atoms with Crippen LogP contribution in [0, 0.1) is 0 Å². The van der Waals surface area contributed by atoms with E-state index >= 15 is 0 Å². The van der Waals surface area contributed by atoms with Crippen molar-refractivity contribution in [3.63, 3.8) is 0 Å². The summed E-state index contributed by atoms with van der Waals surface area (Å²) in [5.74, 6) is 0.963. The van der Waals surface area contributed by atoms with Crippen molar-refractivity contribution in [2.45, 2.75) is 32.4 Å². The van der Waals surface area contributed by atoms with Gasteiger partial charge in [0, 0.05) is 53.5 Å². The molecule has 0 bridgehead atoms. The number of ether oxygens (including phenoxy) is 1. The third kappa shape index (κ3) is 11.8. The maximum absolute atomic E-state index is 6.31. The van der Waals surface area contributed by atoms with Crippen molar-refractivity contribution < 1.29 is 21.7 Å². The molecule has 7 nitrogen and oxygen atoms in total. The molecule has 1 heterocycles. The normalized spacial score (nSPS) is 10.7. The molecule has 5 aromatic rings. The van der Waals surface area contributed by atoms with E-state index in [1.807, 2.05) is 24.3 Å². The summed E-state index contributed by atoms with van der Waals surface area (Å²) in [6, 6.07) is 31.4. The lowest BCUT2D eigenvalue weighted by Gasteiger charge is -2.21. The van der Waals surface area contributed by atoms with Crippen LogP contribution in [0.2, 0.25) is 0 Å². The standard InChI is InChI=1S/C38H48N6O.4ClH/c1-42(23-11-24-43(2)28-30-14-7-8-15-37(30)45-3)22-9-20-41-21-10-25-44-36-27-32(40)17-19-34(36)33-18-16-31(39)26-35(33)38(44)29-12-5-4-6-13-29;;;;/h4-8,12-19,26-27,40-41H,9-11,20-25,28,39H2,1-3H3;4*1H. The van der Waals surface area contributed by atoms with Gasteiger partial charge in [0.1, 0.15) is 5.75 Å². The predicted octanol–water partition coefficient (Wildman–Crippen LogP) is 4.21. The number of anilines is 2. The largest absolute Gasteiger partial charge is 1.00 e. The molecule has 1 aromatic heterocycles. The van der Waals surface area contributed by atoms with Gasteiger partial charge in [-0.05, 0) is 95.6 Å². The van der Waals surface area contributed by atoms with E-state index < -0.39 is 0 Å². The second-order valence-corrected chi connectivity index (χ2v) is 12.1. The van der Waals surface area contributed by atoms with Crippen LogP contribution in [0.4, 0.5) is 11.4 Å². The Morgan fingerprint density at radius 1 is 0.673 bits per heavy atom. The molecule has 0 spiro atoms. The minimum Gasteiger partial charge on any atom is -1.00 e. The zero-order valence-electron chi connectivity index (χ0n) is 28.7. The molecular formula is C38H52Cl4N6O. The number of hydrogen-bond donors (Lipinski definition) is 3. The van der Waals surface area contributed by atoms with Gasteiger partial charge in [0.25, 0.3) is 0 Å². The summed E-state index contributed by atoms with van der Waals surface area (Å²) in [5, 5.41) is 7.24. The molecule has 0 aliphatic rings. The van der Waals surface area contributed by atoms with E-state index in [0.717, 1.165) is 87.7 Å². The van der Waals surface area contributed by atoms with Gasteiger partial charge in [0.15, 0.2) is 6.54 Å². The van der Waals surface area contributed by atoms with Gasteiger partial charge >= 0.3 is 0 Å². The van der Waals surface area contributed by atoms with Crippen molar-refractivity contribution in [3.8, 4) is 17.0 Å². The molecule has 0 aliphatic heterocycles. The fourth-order valence-corrected chi connectivity index (χ4v) is 6.28. The minimum absolute atomic E-state index is 0. The van der Waals surface area contributed by atoms with Crippen LogP contribution < -0.4 is 38.5 Å². The highest BCUT2D eigenvalue weighted by molar-refractivity contribution is 6.10. The first kappa shape index (κ1) is 44.0. The Labute approximate surface area is 317 Å². The van der Waals surface area contributed by atoms with Crippen LogP contribution in [0.1, 0.15) is 24.8 Å². The van der Waals surface area contributed by atoms with Gasteiger partial charge in [-0.2, -0.15) is 4.57 Å². The lowest BCUT2D eigenvalue weighted by molar-refractivity contribution is -0.659. The quantitative estimate of drug-likeness (QED) is 0.0608. The summed E-state index contributed by atoms with van der Waals surface area (Å²) in [5.41, 5.74) is 18.9. The molecule has 0 atom stereocenters. The van der Waals surface area contributed by atoms with Gasteiger partial charge < -0.3 is 43.7 Å². The number of aromatic nitrogens is 1. The maximum Gasteiger partial charge on any atom is 0.220 e. The summed E-state index contributed by atoms with van der Waals surface area (Å²) in [6.45, 7) is 6.99. The van der Waals surface area contributed by atoms with Crippen LogP contribution in [0.3, 0.4) is 0 Å². The molecule has 0 saturated carbocycles. The second-order valence-electron chi connectivity index (χ2n) is 12.1. The van der Waals surface area contributed by atoms with Gasteiger partial charge in [-0.1, -0.05) is 42.5 Å². The molecular weight excluding hydrogens is 698 g/mol. The number of methoxy groups -OCH3 is 1. The van der Waals surface area contributed by atoms with Crippen LogP contribution >= 0.6 is 37.2 Å². The van der Waals surface area contributed by atoms with Crippen molar-refractivity contribution in [1.82, 2.24) is 15.1 Å². The SMILES string of the molecule is COc1ccccc1CN(C)CCCN(C)CCCNCCC[n+]1c(-c2ccccc2)c2cc(N)ccc2c2ccc(N)cc21.Cl.Cl.Cl.[Cl-]. The van der Waals surface area contributed by atoms with Gasteiger partial charge in [-0.25, -0.2) is 0 Å². The first-order valence-electron chi connectivity index (χ1n) is 16.1. The van der Waals surface area contributed by atoms with E-state index in [2.05, 4.69) is 101 Å². The Bertz CT molecular complexity index is 1710. The number of nitrogen functional groups attached to an aromatic ring is 2. The minimum atomic E-state index is 0.